The maximum absolute atomic E-state index is 13.4. The number of aldehydes is 1. The summed E-state index contributed by atoms with van der Waals surface area (Å²) in [4.78, 5) is 39.9. The number of ether oxygens (including phenoxy) is 3. The number of nitrogens with zero attached hydrogens (tertiary/aromatic N) is 1. The Kier molecular flexibility index (Phi) is 7.00. The summed E-state index contributed by atoms with van der Waals surface area (Å²) in [5, 5.41) is 23.5. The fourth-order valence-electron chi connectivity index (χ4n) is 5.49. The number of fused-ring (bicyclic) bond motifs is 3. The van der Waals surface area contributed by atoms with E-state index in [1.807, 2.05) is 0 Å². The van der Waals surface area contributed by atoms with Crippen molar-refractivity contribution in [3.63, 3.8) is 0 Å². The van der Waals surface area contributed by atoms with Gasteiger partial charge in [-0.3, -0.25) is 14.4 Å². The summed E-state index contributed by atoms with van der Waals surface area (Å²) >= 11 is 0. The number of rotatable bonds is 9. The molecule has 1 aromatic rings. The van der Waals surface area contributed by atoms with Crippen LogP contribution in [0.25, 0.3) is 0 Å². The molecular weight excluding hydrogens is 468 g/mol. The molecule has 10 heteroatoms. The maximum atomic E-state index is 13.4. The summed E-state index contributed by atoms with van der Waals surface area (Å²) in [6.45, 7) is 0.769. The van der Waals surface area contributed by atoms with Crippen molar-refractivity contribution in [3.8, 4) is 11.5 Å². The van der Waals surface area contributed by atoms with Gasteiger partial charge in [0.05, 0.1) is 31.8 Å². The molecule has 5 rings (SSSR count). The van der Waals surface area contributed by atoms with Gasteiger partial charge < -0.3 is 34.6 Å². The summed E-state index contributed by atoms with van der Waals surface area (Å²) in [6, 6.07) is 2.38. The van der Waals surface area contributed by atoms with Crippen molar-refractivity contribution in [3.05, 3.63) is 34.9 Å². The summed E-state index contributed by atoms with van der Waals surface area (Å²) in [7, 11) is 1.46. The van der Waals surface area contributed by atoms with Gasteiger partial charge >= 0.3 is 0 Å². The molecule has 10 nitrogen and oxygen atoms in total. The minimum Gasteiger partial charge on any atom is -0.493 e. The third-order valence-corrected chi connectivity index (χ3v) is 7.40. The Balaban J connectivity index is 1.57. The van der Waals surface area contributed by atoms with Crippen LogP contribution in [-0.4, -0.2) is 91.0 Å². The van der Waals surface area contributed by atoms with Crippen LogP contribution in [0.3, 0.4) is 0 Å². The Labute approximate surface area is 209 Å². The second-order valence-electron chi connectivity index (χ2n) is 9.80. The predicted octanol–water partition coefficient (Wildman–Crippen LogP) is 0.548. The molecule has 36 heavy (non-hydrogen) atoms. The highest BCUT2D eigenvalue weighted by Crippen LogP contribution is 2.51. The second-order valence-corrected chi connectivity index (χ2v) is 9.80. The first-order valence-electron chi connectivity index (χ1n) is 12.5. The number of methoxy groups -OCH3 is 1. The largest absolute Gasteiger partial charge is 0.493 e. The van der Waals surface area contributed by atoms with E-state index in [0.29, 0.717) is 47.6 Å². The van der Waals surface area contributed by atoms with Gasteiger partial charge in [-0.2, -0.15) is 0 Å². The zero-order valence-electron chi connectivity index (χ0n) is 20.2. The molecule has 1 saturated heterocycles. The van der Waals surface area contributed by atoms with Gasteiger partial charge in [0, 0.05) is 42.3 Å². The van der Waals surface area contributed by atoms with Crippen LogP contribution in [0.15, 0.2) is 23.8 Å². The lowest BCUT2D eigenvalue weighted by molar-refractivity contribution is -0.140. The number of benzene rings is 1. The van der Waals surface area contributed by atoms with Gasteiger partial charge in [0.1, 0.15) is 18.5 Å². The van der Waals surface area contributed by atoms with Gasteiger partial charge in [0.25, 0.3) is 0 Å². The lowest BCUT2D eigenvalue weighted by atomic mass is 9.77. The van der Waals surface area contributed by atoms with Crippen LogP contribution >= 0.6 is 0 Å². The predicted molar refractivity (Wildman–Crippen MR) is 127 cm³/mol. The van der Waals surface area contributed by atoms with E-state index < -0.39 is 30.1 Å². The quantitative estimate of drug-likeness (QED) is 0.419. The van der Waals surface area contributed by atoms with Gasteiger partial charge in [-0.15, -0.1) is 0 Å². The highest BCUT2D eigenvalue weighted by atomic mass is 16.5. The number of hydrogen-bond donors (Lipinski definition) is 3. The van der Waals surface area contributed by atoms with E-state index in [4.69, 9.17) is 14.2 Å². The van der Waals surface area contributed by atoms with Crippen LogP contribution in [0.2, 0.25) is 0 Å². The van der Waals surface area contributed by atoms with Gasteiger partial charge in [0.15, 0.2) is 11.5 Å². The van der Waals surface area contributed by atoms with Crippen LogP contribution in [-0.2, 0) is 14.3 Å². The first kappa shape index (κ1) is 24.7. The van der Waals surface area contributed by atoms with E-state index in [1.165, 1.54) is 7.11 Å². The molecule has 2 aliphatic heterocycles. The van der Waals surface area contributed by atoms with Crippen molar-refractivity contribution >= 4 is 18.1 Å². The Morgan fingerprint density at radius 2 is 2.08 bits per heavy atom. The monoisotopic (exact) mass is 500 g/mol. The molecule has 3 N–H and O–H groups in total. The Morgan fingerprint density at radius 3 is 2.72 bits per heavy atom. The van der Waals surface area contributed by atoms with Gasteiger partial charge in [0.2, 0.25) is 11.8 Å². The zero-order chi connectivity index (χ0) is 25.4. The average Bonchev–Trinajstić information content (AvgIpc) is 3.48. The van der Waals surface area contributed by atoms with Crippen molar-refractivity contribution in [2.24, 2.45) is 5.92 Å². The van der Waals surface area contributed by atoms with Crippen molar-refractivity contribution in [1.29, 1.82) is 0 Å². The number of aliphatic hydroxyl groups is 2. The molecule has 0 radical (unpaired) electrons. The number of hydrogen-bond acceptors (Lipinski definition) is 8. The molecule has 4 aliphatic rings. The normalized spacial score (nSPS) is 28.4. The molecule has 0 unspecified atom stereocenters. The molecule has 0 spiro atoms. The summed E-state index contributed by atoms with van der Waals surface area (Å²) in [5.41, 5.74) is 1.22. The van der Waals surface area contributed by atoms with Crippen LogP contribution in [0.1, 0.15) is 47.5 Å². The number of nitrogens with one attached hydrogen (secondary N) is 1. The molecule has 0 bridgehead atoms. The van der Waals surface area contributed by atoms with Gasteiger partial charge in [-0.05, 0) is 43.9 Å². The Hall–Kier alpha value is -2.95. The molecular formula is C26H32N2O8. The van der Waals surface area contributed by atoms with Crippen LogP contribution in [0.5, 0.6) is 11.5 Å². The van der Waals surface area contributed by atoms with Gasteiger partial charge in [-0.1, -0.05) is 0 Å². The first-order chi connectivity index (χ1) is 17.5. The SMILES string of the molecule is COc1cc(C=O)cc2c1O[C@@H]1[C@@H](O)[C@H](N(C[C@H]3CCCO3)C(=O)C3CC3)C=C(C(=O)NCCO)[C@H]21. The first-order valence-corrected chi connectivity index (χ1v) is 12.5. The summed E-state index contributed by atoms with van der Waals surface area (Å²) in [6.07, 6.45) is 3.53. The van der Waals surface area contributed by atoms with Crippen molar-refractivity contribution in [1.82, 2.24) is 10.2 Å². The lowest BCUT2D eigenvalue weighted by Crippen LogP contribution is -2.57. The molecule has 2 fully saturated rings. The van der Waals surface area contributed by atoms with Crippen LogP contribution in [0, 0.1) is 5.92 Å². The topological polar surface area (TPSA) is 135 Å². The zero-order valence-corrected chi connectivity index (χ0v) is 20.2. The van der Waals surface area contributed by atoms with E-state index in [2.05, 4.69) is 5.32 Å². The third-order valence-electron chi connectivity index (χ3n) is 7.40. The summed E-state index contributed by atoms with van der Waals surface area (Å²) in [5.74, 6) is -0.576. The smallest absolute Gasteiger partial charge is 0.247 e. The minimum absolute atomic E-state index is 0.0484. The van der Waals surface area contributed by atoms with Gasteiger partial charge in [-0.25, -0.2) is 0 Å². The lowest BCUT2D eigenvalue weighted by Gasteiger charge is -2.41. The highest BCUT2D eigenvalue weighted by molar-refractivity contribution is 5.96. The molecule has 2 heterocycles. The maximum Gasteiger partial charge on any atom is 0.247 e. The third kappa shape index (κ3) is 4.49. The van der Waals surface area contributed by atoms with Crippen molar-refractivity contribution in [2.75, 3.05) is 33.4 Å². The van der Waals surface area contributed by atoms with E-state index in [0.717, 1.165) is 25.7 Å². The number of carbonyl (C=O) groups excluding carboxylic acids is 3. The van der Waals surface area contributed by atoms with Crippen LogP contribution < -0.4 is 14.8 Å². The highest BCUT2D eigenvalue weighted by Gasteiger charge is 2.52. The average molecular weight is 501 g/mol. The standard InChI is InChI=1S/C26H32N2O8/c1-34-20-10-14(13-30)9-17-21-18(25(32)27-6-7-29)11-19(22(31)24(21)36-23(17)20)28(26(33)15-4-5-15)12-16-3-2-8-35-16/h9-11,13,15-16,19,21-22,24,29,31H,2-8,12H2,1H3,(H,27,32)/t16-,19-,21+,22+,24+/m1/s1. The van der Waals surface area contributed by atoms with Crippen molar-refractivity contribution in [2.45, 2.75) is 56.0 Å². The molecule has 194 valence electrons. The molecule has 0 aromatic heterocycles. The number of carbonyl (C=O) groups is 3. The fourth-order valence-corrected chi connectivity index (χ4v) is 5.49. The van der Waals surface area contributed by atoms with E-state index in [9.17, 15) is 24.6 Å². The molecule has 2 aliphatic carbocycles. The second kappa shape index (κ2) is 10.2. The number of aliphatic hydroxyl groups excluding tert-OH is 2. The van der Waals surface area contributed by atoms with E-state index in [1.54, 1.807) is 23.1 Å². The molecule has 1 saturated carbocycles. The fraction of sp³-hybridized carbons (Fsp3) is 0.577. The van der Waals surface area contributed by atoms with E-state index >= 15 is 0 Å². The summed E-state index contributed by atoms with van der Waals surface area (Å²) < 4.78 is 17.4. The molecule has 1 aromatic carbocycles. The molecule has 2 amide bonds. The van der Waals surface area contributed by atoms with Crippen molar-refractivity contribution < 1.29 is 38.8 Å². The van der Waals surface area contributed by atoms with Crippen LogP contribution in [0.4, 0.5) is 0 Å². The van der Waals surface area contributed by atoms with E-state index in [-0.39, 0.29) is 31.1 Å². The Bertz CT molecular complexity index is 1060. The number of amides is 2. The minimum atomic E-state index is -1.13. The molecule has 5 atom stereocenters. The Morgan fingerprint density at radius 1 is 1.28 bits per heavy atom.